The van der Waals surface area contributed by atoms with E-state index in [2.05, 4.69) is 60.5 Å². The number of aliphatic hydroxyl groups is 1. The first-order chi connectivity index (χ1) is 13.4. The van der Waals surface area contributed by atoms with E-state index < -0.39 is 0 Å². The zero-order valence-corrected chi connectivity index (χ0v) is 17.0. The maximum Gasteiger partial charge on any atom is 0.247 e. The van der Waals surface area contributed by atoms with Crippen molar-refractivity contribution >= 4 is 22.9 Å². The molecule has 0 bridgehead atoms. The molecule has 0 saturated carbocycles. The van der Waals surface area contributed by atoms with Gasteiger partial charge in [-0.25, -0.2) is 0 Å². The van der Waals surface area contributed by atoms with E-state index in [1.165, 1.54) is 22.1 Å². The van der Waals surface area contributed by atoms with Gasteiger partial charge in [-0.2, -0.15) is 0 Å². The molecule has 0 saturated heterocycles. The quantitative estimate of drug-likeness (QED) is 0.544. The number of amides is 1. The highest BCUT2D eigenvalue weighted by Crippen LogP contribution is 2.30. The maximum atomic E-state index is 12.4. The second kappa shape index (κ2) is 8.44. The minimum Gasteiger partial charge on any atom is -0.394 e. The van der Waals surface area contributed by atoms with Crippen LogP contribution in [0.2, 0.25) is 0 Å². The molecule has 0 spiro atoms. The SMILES string of the molecule is CC[C@H](CO)NC(=O)/C(C)=C/c1cc(C)c(-c2ccc3[nH]ccc3c2)cc1C. The summed E-state index contributed by atoms with van der Waals surface area (Å²) in [6.45, 7) is 7.87. The number of aryl methyl sites for hydroxylation is 2. The van der Waals surface area contributed by atoms with Gasteiger partial charge in [-0.1, -0.05) is 25.1 Å². The predicted octanol–water partition coefficient (Wildman–Crippen LogP) is 4.74. The van der Waals surface area contributed by atoms with Gasteiger partial charge in [-0.05, 0) is 84.7 Å². The van der Waals surface area contributed by atoms with Crippen LogP contribution < -0.4 is 5.32 Å². The van der Waals surface area contributed by atoms with E-state index in [0.29, 0.717) is 12.0 Å². The van der Waals surface area contributed by atoms with Crippen molar-refractivity contribution in [3.05, 3.63) is 64.9 Å². The molecule has 0 radical (unpaired) electrons. The molecule has 4 nitrogen and oxygen atoms in total. The number of carbonyl (C=O) groups is 1. The molecule has 3 rings (SSSR count). The van der Waals surface area contributed by atoms with Crippen molar-refractivity contribution in [2.24, 2.45) is 0 Å². The highest BCUT2D eigenvalue weighted by Gasteiger charge is 2.12. The van der Waals surface area contributed by atoms with E-state index in [9.17, 15) is 9.90 Å². The number of carbonyl (C=O) groups excluding carboxylic acids is 1. The van der Waals surface area contributed by atoms with Crippen LogP contribution in [0.4, 0.5) is 0 Å². The summed E-state index contributed by atoms with van der Waals surface area (Å²) in [6, 6.07) is 12.6. The first-order valence-corrected chi connectivity index (χ1v) is 9.71. The average Bonchev–Trinajstić information content (AvgIpc) is 3.16. The molecule has 1 amide bonds. The van der Waals surface area contributed by atoms with Crippen LogP contribution >= 0.6 is 0 Å². The van der Waals surface area contributed by atoms with Gasteiger partial charge in [-0.15, -0.1) is 0 Å². The van der Waals surface area contributed by atoms with Crippen LogP contribution in [-0.2, 0) is 4.79 Å². The van der Waals surface area contributed by atoms with E-state index in [4.69, 9.17) is 0 Å². The molecule has 3 aromatic rings. The molecule has 4 heteroatoms. The summed E-state index contributed by atoms with van der Waals surface area (Å²) in [5.41, 5.74) is 7.48. The summed E-state index contributed by atoms with van der Waals surface area (Å²) in [7, 11) is 0. The fraction of sp³-hybridized carbons (Fsp3) is 0.292. The molecule has 0 fully saturated rings. The molecule has 2 aromatic carbocycles. The highest BCUT2D eigenvalue weighted by atomic mass is 16.3. The number of aromatic amines is 1. The summed E-state index contributed by atoms with van der Waals surface area (Å²) in [4.78, 5) is 15.6. The Hall–Kier alpha value is -2.85. The van der Waals surface area contributed by atoms with Crippen LogP contribution in [0.15, 0.2) is 48.2 Å². The number of fused-ring (bicyclic) bond motifs is 1. The average molecular weight is 377 g/mol. The number of rotatable bonds is 6. The monoisotopic (exact) mass is 376 g/mol. The normalized spacial score (nSPS) is 13.0. The lowest BCUT2D eigenvalue weighted by Crippen LogP contribution is -2.37. The molecule has 0 unspecified atom stereocenters. The first-order valence-electron chi connectivity index (χ1n) is 9.71. The van der Waals surface area contributed by atoms with Crippen LogP contribution in [0.3, 0.4) is 0 Å². The molecule has 1 heterocycles. The minimum absolute atomic E-state index is 0.0478. The van der Waals surface area contributed by atoms with Crippen molar-refractivity contribution in [3.63, 3.8) is 0 Å². The van der Waals surface area contributed by atoms with E-state index in [0.717, 1.165) is 16.6 Å². The van der Waals surface area contributed by atoms with Crippen LogP contribution in [0.1, 0.15) is 37.0 Å². The first kappa shape index (κ1) is 19.9. The zero-order valence-electron chi connectivity index (χ0n) is 17.0. The fourth-order valence-corrected chi connectivity index (χ4v) is 3.40. The van der Waals surface area contributed by atoms with E-state index in [-0.39, 0.29) is 18.6 Å². The number of hydrogen-bond acceptors (Lipinski definition) is 2. The number of aromatic nitrogens is 1. The molecule has 146 valence electrons. The van der Waals surface area contributed by atoms with Crippen LogP contribution in [0.25, 0.3) is 28.1 Å². The molecule has 0 aliphatic carbocycles. The molecule has 0 aliphatic rings. The van der Waals surface area contributed by atoms with Crippen molar-refractivity contribution in [2.75, 3.05) is 6.61 Å². The highest BCUT2D eigenvalue weighted by molar-refractivity contribution is 5.97. The van der Waals surface area contributed by atoms with Gasteiger partial charge in [0.25, 0.3) is 0 Å². The van der Waals surface area contributed by atoms with Gasteiger partial charge < -0.3 is 15.4 Å². The number of benzene rings is 2. The van der Waals surface area contributed by atoms with E-state index in [1.54, 1.807) is 0 Å². The van der Waals surface area contributed by atoms with E-state index >= 15 is 0 Å². The smallest absolute Gasteiger partial charge is 0.247 e. The molecular formula is C24H28N2O2. The lowest BCUT2D eigenvalue weighted by atomic mass is 9.93. The number of H-pyrrole nitrogens is 1. The molecular weight excluding hydrogens is 348 g/mol. The van der Waals surface area contributed by atoms with Gasteiger partial charge in [0.1, 0.15) is 0 Å². The van der Waals surface area contributed by atoms with Gasteiger partial charge in [-0.3, -0.25) is 4.79 Å². The minimum atomic E-state index is -0.204. The zero-order chi connectivity index (χ0) is 20.3. The van der Waals surface area contributed by atoms with Crippen molar-refractivity contribution in [2.45, 2.75) is 40.2 Å². The van der Waals surface area contributed by atoms with Gasteiger partial charge in [0, 0.05) is 17.3 Å². The predicted molar refractivity (Wildman–Crippen MR) is 116 cm³/mol. The van der Waals surface area contributed by atoms with Crippen molar-refractivity contribution in [1.29, 1.82) is 0 Å². The summed E-state index contributed by atoms with van der Waals surface area (Å²) in [6.07, 6.45) is 4.57. The van der Waals surface area contributed by atoms with Crippen LogP contribution in [0, 0.1) is 13.8 Å². The second-order valence-electron chi connectivity index (χ2n) is 7.39. The maximum absolute atomic E-state index is 12.4. The Kier molecular flexibility index (Phi) is 6.00. The molecule has 28 heavy (non-hydrogen) atoms. The Labute approximate surface area is 166 Å². The van der Waals surface area contributed by atoms with Gasteiger partial charge in [0.15, 0.2) is 0 Å². The van der Waals surface area contributed by atoms with E-state index in [1.807, 2.05) is 26.1 Å². The third kappa shape index (κ3) is 4.18. The summed E-state index contributed by atoms with van der Waals surface area (Å²) >= 11 is 0. The Morgan fingerprint density at radius 2 is 1.96 bits per heavy atom. The number of hydrogen-bond donors (Lipinski definition) is 3. The fourth-order valence-electron chi connectivity index (χ4n) is 3.40. The molecule has 3 N–H and O–H groups in total. The Bertz CT molecular complexity index is 1030. The topological polar surface area (TPSA) is 65.1 Å². The molecule has 1 aromatic heterocycles. The third-order valence-electron chi connectivity index (χ3n) is 5.26. The van der Waals surface area contributed by atoms with Gasteiger partial charge in [0.05, 0.1) is 12.6 Å². The Balaban J connectivity index is 1.90. The lowest BCUT2D eigenvalue weighted by Gasteiger charge is -2.15. The lowest BCUT2D eigenvalue weighted by molar-refractivity contribution is -0.118. The second-order valence-corrected chi connectivity index (χ2v) is 7.39. The van der Waals surface area contributed by atoms with Crippen molar-refractivity contribution < 1.29 is 9.90 Å². The number of nitrogens with one attached hydrogen (secondary N) is 2. The molecule has 0 aliphatic heterocycles. The Morgan fingerprint density at radius 3 is 2.68 bits per heavy atom. The van der Waals surface area contributed by atoms with Gasteiger partial charge in [0.2, 0.25) is 5.91 Å². The largest absolute Gasteiger partial charge is 0.394 e. The summed E-state index contributed by atoms with van der Waals surface area (Å²) in [5.74, 6) is -0.139. The standard InChI is InChI=1S/C24H28N2O2/c1-5-21(14-27)26-24(28)17(4)11-20-10-16(3)22(12-15(20)2)18-6-7-23-19(13-18)8-9-25-23/h6-13,21,25,27H,5,14H2,1-4H3,(H,26,28)/b17-11+/t21-/m1/s1. The summed E-state index contributed by atoms with van der Waals surface area (Å²) in [5, 5.41) is 13.3. The van der Waals surface area contributed by atoms with Crippen molar-refractivity contribution in [1.82, 2.24) is 10.3 Å². The number of aliphatic hydroxyl groups excluding tert-OH is 1. The van der Waals surface area contributed by atoms with Gasteiger partial charge >= 0.3 is 0 Å². The summed E-state index contributed by atoms with van der Waals surface area (Å²) < 4.78 is 0. The van der Waals surface area contributed by atoms with Crippen LogP contribution in [0.5, 0.6) is 0 Å². The molecule has 1 atom stereocenters. The van der Waals surface area contributed by atoms with Crippen LogP contribution in [-0.4, -0.2) is 28.6 Å². The Morgan fingerprint density at radius 1 is 1.18 bits per heavy atom. The third-order valence-corrected chi connectivity index (χ3v) is 5.26. The van der Waals surface area contributed by atoms with Crippen molar-refractivity contribution in [3.8, 4) is 11.1 Å².